The van der Waals surface area contributed by atoms with E-state index in [0.717, 1.165) is 10.9 Å². The Morgan fingerprint density at radius 1 is 1.00 bits per heavy atom. The van der Waals surface area contributed by atoms with E-state index in [1.165, 1.54) is 12.1 Å². The Morgan fingerprint density at radius 3 is 2.65 bits per heavy atom. The highest BCUT2D eigenvalue weighted by molar-refractivity contribution is 5.91. The molecule has 0 fully saturated rings. The fraction of sp³-hybridized carbons (Fsp3) is 0. The van der Waals surface area contributed by atoms with Crippen LogP contribution in [0.25, 0.3) is 10.9 Å². The van der Waals surface area contributed by atoms with Crippen molar-refractivity contribution in [2.45, 2.75) is 0 Å². The number of hydrogen-bond donors (Lipinski definition) is 3. The van der Waals surface area contributed by atoms with Crippen molar-refractivity contribution in [1.29, 1.82) is 0 Å². The molecule has 6 heteroatoms. The average Bonchev–Trinajstić information content (AvgIpc) is 2.47. The zero-order valence-corrected chi connectivity index (χ0v) is 10.5. The molecule has 0 spiro atoms. The van der Waals surface area contributed by atoms with E-state index in [1.54, 1.807) is 12.1 Å². The molecule has 3 rings (SSSR count). The molecule has 100 valence electrons. The first-order valence-corrected chi connectivity index (χ1v) is 6.02. The molecule has 0 aliphatic carbocycles. The number of fused-ring (bicyclic) bond motifs is 1. The van der Waals surface area contributed by atoms with Crippen LogP contribution in [0.2, 0.25) is 0 Å². The maximum absolute atomic E-state index is 13.2. The van der Waals surface area contributed by atoms with Gasteiger partial charge in [0.15, 0.2) is 0 Å². The Balaban J connectivity index is 2.10. The molecule has 0 bridgehead atoms. The Kier molecular flexibility index (Phi) is 3.14. The van der Waals surface area contributed by atoms with E-state index in [-0.39, 0.29) is 5.82 Å². The smallest absolute Gasteiger partial charge is 0.239 e. The minimum atomic E-state index is -0.314. The first kappa shape index (κ1) is 12.3. The predicted molar refractivity (Wildman–Crippen MR) is 77.0 cm³/mol. The average molecular weight is 269 g/mol. The van der Waals surface area contributed by atoms with Gasteiger partial charge in [-0.05, 0) is 30.3 Å². The van der Waals surface area contributed by atoms with Crippen molar-refractivity contribution in [2.24, 2.45) is 5.84 Å². The minimum absolute atomic E-state index is 0.294. The predicted octanol–water partition coefficient (Wildman–Crippen LogP) is 2.80. The number of anilines is 3. The van der Waals surface area contributed by atoms with Gasteiger partial charge in [-0.3, -0.25) is 5.43 Å². The number of halogens is 1. The number of hydrogen-bond acceptors (Lipinski definition) is 5. The molecular formula is C14H12FN5. The second-order valence-corrected chi connectivity index (χ2v) is 4.19. The van der Waals surface area contributed by atoms with Crippen molar-refractivity contribution in [2.75, 3.05) is 10.7 Å². The normalized spacial score (nSPS) is 10.5. The van der Waals surface area contributed by atoms with Crippen LogP contribution in [0.4, 0.5) is 21.8 Å². The van der Waals surface area contributed by atoms with E-state index in [1.807, 2.05) is 24.3 Å². The third-order valence-corrected chi connectivity index (χ3v) is 2.82. The number of para-hydroxylation sites is 1. The summed E-state index contributed by atoms with van der Waals surface area (Å²) < 4.78 is 13.2. The number of nitrogens with zero attached hydrogens (tertiary/aromatic N) is 2. The summed E-state index contributed by atoms with van der Waals surface area (Å²) >= 11 is 0. The number of benzene rings is 2. The Bertz CT molecular complexity index is 759. The topological polar surface area (TPSA) is 75.9 Å². The molecule has 2 aromatic carbocycles. The van der Waals surface area contributed by atoms with E-state index in [2.05, 4.69) is 20.7 Å². The van der Waals surface area contributed by atoms with Crippen LogP contribution in [-0.4, -0.2) is 9.97 Å². The number of aromatic nitrogens is 2. The molecule has 0 aliphatic heterocycles. The highest BCUT2D eigenvalue weighted by Gasteiger charge is 2.07. The molecule has 5 nitrogen and oxygen atoms in total. The van der Waals surface area contributed by atoms with Crippen molar-refractivity contribution in [1.82, 2.24) is 9.97 Å². The summed E-state index contributed by atoms with van der Waals surface area (Å²) in [4.78, 5) is 8.52. The summed E-state index contributed by atoms with van der Waals surface area (Å²) in [5.41, 5.74) is 3.77. The molecule has 20 heavy (non-hydrogen) atoms. The monoisotopic (exact) mass is 269 g/mol. The lowest BCUT2D eigenvalue weighted by atomic mass is 10.2. The van der Waals surface area contributed by atoms with Crippen LogP contribution in [-0.2, 0) is 0 Å². The molecule has 0 aliphatic rings. The first-order chi connectivity index (χ1) is 9.76. The summed E-state index contributed by atoms with van der Waals surface area (Å²) in [5, 5.41) is 3.91. The lowest BCUT2D eigenvalue weighted by molar-refractivity contribution is 0.628. The summed E-state index contributed by atoms with van der Waals surface area (Å²) in [7, 11) is 0. The van der Waals surface area contributed by atoms with E-state index >= 15 is 0 Å². The maximum Gasteiger partial charge on any atom is 0.239 e. The van der Waals surface area contributed by atoms with Gasteiger partial charge in [0.1, 0.15) is 11.6 Å². The third kappa shape index (κ3) is 2.36. The van der Waals surface area contributed by atoms with Crippen LogP contribution < -0.4 is 16.6 Å². The van der Waals surface area contributed by atoms with Crippen molar-refractivity contribution in [3.8, 4) is 0 Å². The molecule has 1 heterocycles. The van der Waals surface area contributed by atoms with Gasteiger partial charge in [-0.1, -0.05) is 18.2 Å². The highest BCUT2D eigenvalue weighted by atomic mass is 19.1. The zero-order valence-electron chi connectivity index (χ0n) is 10.5. The highest BCUT2D eigenvalue weighted by Crippen LogP contribution is 2.25. The summed E-state index contributed by atoms with van der Waals surface area (Å²) in [6, 6.07) is 13.7. The lowest BCUT2D eigenvalue weighted by Gasteiger charge is -2.10. The Labute approximate surface area is 114 Å². The summed E-state index contributed by atoms with van der Waals surface area (Å²) in [6.45, 7) is 0. The van der Waals surface area contributed by atoms with Gasteiger partial charge in [0.2, 0.25) is 5.95 Å². The molecule has 0 atom stereocenters. The fourth-order valence-corrected chi connectivity index (χ4v) is 1.94. The number of rotatable bonds is 3. The van der Waals surface area contributed by atoms with Crippen molar-refractivity contribution >= 4 is 28.4 Å². The van der Waals surface area contributed by atoms with Gasteiger partial charge in [-0.2, -0.15) is 4.98 Å². The van der Waals surface area contributed by atoms with Crippen LogP contribution >= 0.6 is 0 Å². The molecule has 0 saturated heterocycles. The second kappa shape index (κ2) is 5.10. The van der Waals surface area contributed by atoms with Crippen molar-refractivity contribution in [3.63, 3.8) is 0 Å². The number of nitrogen functional groups attached to an aromatic ring is 1. The van der Waals surface area contributed by atoms with Crippen LogP contribution in [0.1, 0.15) is 0 Å². The van der Waals surface area contributed by atoms with Crippen molar-refractivity contribution < 1.29 is 4.39 Å². The molecular weight excluding hydrogens is 257 g/mol. The number of nitrogens with two attached hydrogens (primary N) is 1. The van der Waals surface area contributed by atoms with Gasteiger partial charge in [0, 0.05) is 11.1 Å². The van der Waals surface area contributed by atoms with E-state index in [0.29, 0.717) is 17.5 Å². The quantitative estimate of drug-likeness (QED) is 0.503. The molecule has 1 aromatic heterocycles. The number of hydrazine groups is 1. The van der Waals surface area contributed by atoms with Gasteiger partial charge >= 0.3 is 0 Å². The van der Waals surface area contributed by atoms with Gasteiger partial charge in [0.25, 0.3) is 0 Å². The lowest BCUT2D eigenvalue weighted by Crippen LogP contribution is -2.11. The van der Waals surface area contributed by atoms with E-state index in [4.69, 9.17) is 5.84 Å². The minimum Gasteiger partial charge on any atom is -0.339 e. The molecule has 0 amide bonds. The fourth-order valence-electron chi connectivity index (χ4n) is 1.94. The van der Waals surface area contributed by atoms with E-state index in [9.17, 15) is 4.39 Å². The largest absolute Gasteiger partial charge is 0.339 e. The number of nitrogens with one attached hydrogen (secondary N) is 2. The molecule has 0 radical (unpaired) electrons. The zero-order chi connectivity index (χ0) is 13.9. The maximum atomic E-state index is 13.2. The van der Waals surface area contributed by atoms with Crippen LogP contribution in [0, 0.1) is 5.82 Å². The van der Waals surface area contributed by atoms with Crippen LogP contribution in [0.3, 0.4) is 0 Å². The molecule has 0 saturated carbocycles. The standard InChI is InChI=1S/C14H12FN5/c15-9-4-3-5-10(8-9)17-13-11-6-1-2-7-12(11)18-14(19-13)20-16/h1-8H,16H2,(H2,17,18,19,20). The Hall–Kier alpha value is -2.73. The van der Waals surface area contributed by atoms with Crippen LogP contribution in [0.15, 0.2) is 48.5 Å². The van der Waals surface area contributed by atoms with Gasteiger partial charge in [-0.15, -0.1) is 0 Å². The summed E-state index contributed by atoms with van der Waals surface area (Å²) in [5.74, 6) is 5.91. The van der Waals surface area contributed by atoms with Gasteiger partial charge in [0.05, 0.1) is 5.52 Å². The molecule has 0 unspecified atom stereocenters. The summed E-state index contributed by atoms with van der Waals surface area (Å²) in [6.07, 6.45) is 0. The second-order valence-electron chi connectivity index (χ2n) is 4.19. The van der Waals surface area contributed by atoms with Crippen molar-refractivity contribution in [3.05, 3.63) is 54.3 Å². The first-order valence-electron chi connectivity index (χ1n) is 6.02. The van der Waals surface area contributed by atoms with Gasteiger partial charge < -0.3 is 5.32 Å². The Morgan fingerprint density at radius 2 is 1.85 bits per heavy atom. The SMILES string of the molecule is NNc1nc(Nc2cccc(F)c2)c2ccccc2n1. The molecule has 4 N–H and O–H groups in total. The van der Waals surface area contributed by atoms with Crippen LogP contribution in [0.5, 0.6) is 0 Å². The molecule has 3 aromatic rings. The van der Waals surface area contributed by atoms with E-state index < -0.39 is 0 Å². The third-order valence-electron chi connectivity index (χ3n) is 2.82. The van der Waals surface area contributed by atoms with Gasteiger partial charge in [-0.25, -0.2) is 15.2 Å².